The zero-order valence-corrected chi connectivity index (χ0v) is 9.64. The second-order valence-electron chi connectivity index (χ2n) is 3.43. The van der Waals surface area contributed by atoms with Crippen molar-refractivity contribution in [1.82, 2.24) is 9.97 Å². The monoisotopic (exact) mass is 266 g/mol. The van der Waals surface area contributed by atoms with Crippen LogP contribution >= 0.6 is 11.6 Å². The summed E-state index contributed by atoms with van der Waals surface area (Å²) in [5, 5.41) is 10.7. The summed E-state index contributed by atoms with van der Waals surface area (Å²) < 4.78 is 0. The highest BCUT2D eigenvalue weighted by molar-refractivity contribution is 6.32. The van der Waals surface area contributed by atoms with E-state index >= 15 is 0 Å². The first-order chi connectivity index (χ1) is 8.49. The van der Waals surface area contributed by atoms with E-state index in [4.69, 9.17) is 17.3 Å². The molecule has 1 aromatic carbocycles. The summed E-state index contributed by atoms with van der Waals surface area (Å²) in [6.45, 7) is 0. The predicted molar refractivity (Wildman–Crippen MR) is 66.4 cm³/mol. The molecule has 7 nitrogen and oxygen atoms in total. The van der Waals surface area contributed by atoms with Crippen LogP contribution in [0.4, 0.5) is 11.6 Å². The first-order valence-electron chi connectivity index (χ1n) is 4.78. The molecule has 1 aromatic heterocycles. The van der Waals surface area contributed by atoms with Gasteiger partial charge in [-0.15, -0.1) is 0 Å². The number of aromatic nitrogens is 2. The number of anilines is 1. The van der Waals surface area contributed by atoms with Gasteiger partial charge in [-0.3, -0.25) is 19.9 Å². The average molecular weight is 267 g/mol. The summed E-state index contributed by atoms with van der Waals surface area (Å²) in [7, 11) is 0. The maximum absolute atomic E-state index is 11.6. The lowest BCUT2D eigenvalue weighted by molar-refractivity contribution is -0.384. The molecule has 0 atom stereocenters. The number of rotatable bonds is 2. The fraction of sp³-hybridized carbons (Fsp3) is 0. The molecule has 0 spiro atoms. The largest absolute Gasteiger partial charge is 0.369 e. The van der Waals surface area contributed by atoms with Gasteiger partial charge in [0.25, 0.3) is 11.2 Å². The number of benzene rings is 1. The second-order valence-corrected chi connectivity index (χ2v) is 3.84. The Morgan fingerprint density at radius 1 is 1.44 bits per heavy atom. The molecule has 0 aliphatic carbocycles. The number of aromatic amines is 1. The maximum atomic E-state index is 11.6. The number of nitrogens with two attached hydrogens (primary N) is 1. The maximum Gasteiger partial charge on any atom is 0.288 e. The summed E-state index contributed by atoms with van der Waals surface area (Å²) in [6.07, 6.45) is 1.25. The molecular weight excluding hydrogens is 260 g/mol. The van der Waals surface area contributed by atoms with Crippen LogP contribution in [0.5, 0.6) is 0 Å². The van der Waals surface area contributed by atoms with Crippen LogP contribution in [0.2, 0.25) is 5.02 Å². The van der Waals surface area contributed by atoms with Crippen LogP contribution in [0.25, 0.3) is 11.1 Å². The van der Waals surface area contributed by atoms with E-state index in [0.717, 1.165) is 0 Å². The molecule has 2 rings (SSSR count). The number of H-pyrrole nitrogens is 1. The van der Waals surface area contributed by atoms with E-state index in [9.17, 15) is 14.9 Å². The lowest BCUT2D eigenvalue weighted by atomic mass is 10.1. The van der Waals surface area contributed by atoms with Gasteiger partial charge in [-0.25, -0.2) is 4.98 Å². The van der Waals surface area contributed by atoms with Gasteiger partial charge in [-0.05, 0) is 11.6 Å². The van der Waals surface area contributed by atoms with Gasteiger partial charge < -0.3 is 5.73 Å². The Labute approximate surface area is 105 Å². The van der Waals surface area contributed by atoms with Gasteiger partial charge >= 0.3 is 0 Å². The van der Waals surface area contributed by atoms with Crippen LogP contribution in [0.15, 0.2) is 29.2 Å². The highest BCUT2D eigenvalue weighted by atomic mass is 35.5. The quantitative estimate of drug-likeness (QED) is 0.632. The van der Waals surface area contributed by atoms with Gasteiger partial charge in [0.15, 0.2) is 5.95 Å². The average Bonchev–Trinajstić information content (AvgIpc) is 2.30. The molecule has 0 radical (unpaired) electrons. The number of hydrogen-bond donors (Lipinski definition) is 2. The standard InChI is InChI=1S/C10H7ClN4O3/c11-7-2-1-5(3-8(7)15(17)18)6-4-13-10(12)14-9(6)16/h1-4H,(H3,12,13,14,16). The van der Waals surface area contributed by atoms with E-state index in [1.165, 1.54) is 24.4 Å². The molecule has 18 heavy (non-hydrogen) atoms. The molecular formula is C10H7ClN4O3. The first-order valence-corrected chi connectivity index (χ1v) is 5.16. The van der Waals surface area contributed by atoms with Crippen LogP contribution in [0.3, 0.4) is 0 Å². The van der Waals surface area contributed by atoms with Crippen LogP contribution in [0.1, 0.15) is 0 Å². The topological polar surface area (TPSA) is 115 Å². The molecule has 0 amide bonds. The van der Waals surface area contributed by atoms with E-state index < -0.39 is 10.5 Å². The van der Waals surface area contributed by atoms with Crippen molar-refractivity contribution in [2.24, 2.45) is 0 Å². The van der Waals surface area contributed by atoms with E-state index in [1.807, 2.05) is 0 Å². The third-order valence-electron chi connectivity index (χ3n) is 2.27. The zero-order valence-electron chi connectivity index (χ0n) is 8.88. The molecule has 0 bridgehead atoms. The highest BCUT2D eigenvalue weighted by Crippen LogP contribution is 2.28. The molecule has 1 heterocycles. The molecule has 92 valence electrons. The number of hydrogen-bond acceptors (Lipinski definition) is 5. The van der Waals surface area contributed by atoms with E-state index in [0.29, 0.717) is 5.56 Å². The third kappa shape index (κ3) is 2.16. The van der Waals surface area contributed by atoms with Crippen molar-refractivity contribution in [2.45, 2.75) is 0 Å². The van der Waals surface area contributed by atoms with Crippen LogP contribution in [-0.2, 0) is 0 Å². The van der Waals surface area contributed by atoms with E-state index in [2.05, 4.69) is 9.97 Å². The number of nitro groups is 1. The first kappa shape index (κ1) is 12.1. The van der Waals surface area contributed by atoms with Crippen molar-refractivity contribution in [1.29, 1.82) is 0 Å². The van der Waals surface area contributed by atoms with Crippen molar-refractivity contribution in [3.8, 4) is 11.1 Å². The minimum Gasteiger partial charge on any atom is -0.369 e. The molecule has 0 fully saturated rings. The predicted octanol–water partition coefficient (Wildman–Crippen LogP) is 1.58. The molecule has 3 N–H and O–H groups in total. The van der Waals surface area contributed by atoms with Crippen molar-refractivity contribution in [3.63, 3.8) is 0 Å². The van der Waals surface area contributed by atoms with Crippen molar-refractivity contribution in [3.05, 3.63) is 49.9 Å². The lowest BCUT2D eigenvalue weighted by Gasteiger charge is -2.02. The Kier molecular flexibility index (Phi) is 2.99. The Morgan fingerprint density at radius 2 is 2.17 bits per heavy atom. The minimum atomic E-state index is -0.620. The SMILES string of the molecule is Nc1ncc(-c2ccc(Cl)c([N+](=O)[O-])c2)c(=O)[nH]1. The second kappa shape index (κ2) is 4.46. The number of nitrogens with zero attached hydrogens (tertiary/aromatic N) is 2. The van der Waals surface area contributed by atoms with Crippen molar-refractivity contribution >= 4 is 23.2 Å². The lowest BCUT2D eigenvalue weighted by Crippen LogP contribution is -2.12. The summed E-state index contributed by atoms with van der Waals surface area (Å²) >= 11 is 5.68. The van der Waals surface area contributed by atoms with Crippen LogP contribution in [-0.4, -0.2) is 14.9 Å². The Balaban J connectivity index is 2.61. The Bertz CT molecular complexity index is 683. The van der Waals surface area contributed by atoms with Gasteiger partial charge in [0, 0.05) is 12.3 Å². The number of halogens is 1. The number of nitrogen functional groups attached to an aromatic ring is 1. The highest BCUT2D eigenvalue weighted by Gasteiger charge is 2.15. The fourth-order valence-electron chi connectivity index (χ4n) is 1.43. The fourth-order valence-corrected chi connectivity index (χ4v) is 1.62. The third-order valence-corrected chi connectivity index (χ3v) is 2.59. The molecule has 0 unspecified atom stereocenters. The minimum absolute atomic E-state index is 0.00332. The van der Waals surface area contributed by atoms with Gasteiger partial charge in [0.2, 0.25) is 0 Å². The Hall–Kier alpha value is -2.41. The van der Waals surface area contributed by atoms with E-state index in [-0.39, 0.29) is 22.2 Å². The van der Waals surface area contributed by atoms with Crippen molar-refractivity contribution in [2.75, 3.05) is 5.73 Å². The van der Waals surface area contributed by atoms with Crippen LogP contribution in [0, 0.1) is 10.1 Å². The molecule has 0 saturated carbocycles. The summed E-state index contributed by atoms with van der Waals surface area (Å²) in [4.78, 5) is 27.8. The van der Waals surface area contributed by atoms with Gasteiger partial charge in [0.1, 0.15) is 5.02 Å². The Morgan fingerprint density at radius 3 is 2.78 bits per heavy atom. The van der Waals surface area contributed by atoms with E-state index in [1.54, 1.807) is 0 Å². The normalized spacial score (nSPS) is 10.3. The van der Waals surface area contributed by atoms with Gasteiger partial charge in [-0.2, -0.15) is 0 Å². The number of nitrogens with one attached hydrogen (secondary N) is 1. The van der Waals surface area contributed by atoms with Crippen LogP contribution < -0.4 is 11.3 Å². The smallest absolute Gasteiger partial charge is 0.288 e. The summed E-state index contributed by atoms with van der Waals surface area (Å²) in [6, 6.07) is 4.06. The number of nitro benzene ring substituents is 1. The molecule has 0 aliphatic heterocycles. The van der Waals surface area contributed by atoms with Crippen molar-refractivity contribution < 1.29 is 4.92 Å². The molecule has 8 heteroatoms. The van der Waals surface area contributed by atoms with Gasteiger partial charge in [-0.1, -0.05) is 17.7 Å². The van der Waals surface area contributed by atoms with Gasteiger partial charge in [0.05, 0.1) is 10.5 Å². The summed E-state index contributed by atoms with van der Waals surface area (Å²) in [5.74, 6) is -0.0211. The molecule has 0 saturated heterocycles. The molecule has 0 aliphatic rings. The molecule has 2 aromatic rings. The zero-order chi connectivity index (χ0) is 13.3. The summed E-state index contributed by atoms with van der Waals surface area (Å²) in [5.41, 5.74) is 5.10.